The summed E-state index contributed by atoms with van der Waals surface area (Å²) in [4.78, 5) is 23.7. The molecule has 0 radical (unpaired) electrons. The Balaban J connectivity index is 2.10. The fourth-order valence-corrected chi connectivity index (χ4v) is 3.55. The first-order chi connectivity index (χ1) is 9.45. The predicted molar refractivity (Wildman–Crippen MR) is 69.5 cm³/mol. The van der Waals surface area contributed by atoms with Crippen LogP contribution in [0.1, 0.15) is 13.3 Å². The van der Waals surface area contributed by atoms with Crippen molar-refractivity contribution in [3.05, 3.63) is 34.9 Å². The number of fused-ring (bicyclic) bond motifs is 2. The number of esters is 1. The average molecular weight is 276 g/mol. The summed E-state index contributed by atoms with van der Waals surface area (Å²) >= 11 is 0. The Bertz CT molecular complexity index is 583. The minimum absolute atomic E-state index is 0.174. The smallest absolute Gasteiger partial charge is 0.334 e. The van der Waals surface area contributed by atoms with Crippen molar-refractivity contribution < 1.29 is 24.5 Å². The number of hydrogen-bond acceptors (Lipinski definition) is 5. The molecule has 0 aromatic rings. The number of aliphatic hydroxyl groups is 2. The second-order valence-electron chi connectivity index (χ2n) is 5.60. The number of rotatable bonds is 1. The van der Waals surface area contributed by atoms with Crippen LogP contribution in [0.25, 0.3) is 0 Å². The summed E-state index contributed by atoms with van der Waals surface area (Å²) < 4.78 is 5.24. The van der Waals surface area contributed by atoms with Gasteiger partial charge >= 0.3 is 5.97 Å². The second kappa shape index (κ2) is 4.40. The Kier molecular flexibility index (Phi) is 2.92. The molecule has 4 atom stereocenters. The van der Waals surface area contributed by atoms with Crippen LogP contribution in [0.15, 0.2) is 34.9 Å². The fraction of sp³-hybridized carbons (Fsp3) is 0.467. The number of carbonyl (C=O) groups is 2. The van der Waals surface area contributed by atoms with Crippen LogP contribution in [0.2, 0.25) is 0 Å². The van der Waals surface area contributed by atoms with Crippen LogP contribution in [0.4, 0.5) is 0 Å². The molecule has 2 N–H and O–H groups in total. The fourth-order valence-electron chi connectivity index (χ4n) is 3.55. The maximum atomic E-state index is 12.1. The summed E-state index contributed by atoms with van der Waals surface area (Å²) in [6.45, 7) is 5.22. The van der Waals surface area contributed by atoms with Crippen LogP contribution in [0, 0.1) is 11.8 Å². The maximum absolute atomic E-state index is 12.1. The van der Waals surface area contributed by atoms with E-state index in [-0.39, 0.29) is 18.0 Å². The van der Waals surface area contributed by atoms with Crippen molar-refractivity contribution in [2.75, 3.05) is 6.61 Å². The summed E-state index contributed by atoms with van der Waals surface area (Å²) in [6, 6.07) is 0. The van der Waals surface area contributed by atoms with Gasteiger partial charge < -0.3 is 14.9 Å². The highest BCUT2D eigenvalue weighted by atomic mass is 16.6. The third-order valence-electron chi connectivity index (χ3n) is 4.48. The lowest BCUT2D eigenvalue weighted by Crippen LogP contribution is -2.34. The Hall–Kier alpha value is -1.72. The molecule has 2 aliphatic carbocycles. The first kappa shape index (κ1) is 13.3. The molecule has 0 saturated carbocycles. The van der Waals surface area contributed by atoms with Gasteiger partial charge in [-0.25, -0.2) is 4.79 Å². The number of hydrogen-bond donors (Lipinski definition) is 2. The van der Waals surface area contributed by atoms with Crippen molar-refractivity contribution in [1.29, 1.82) is 0 Å². The van der Waals surface area contributed by atoms with Gasteiger partial charge in [-0.2, -0.15) is 0 Å². The molecule has 0 amide bonds. The number of ketones is 1. The van der Waals surface area contributed by atoms with E-state index < -0.39 is 30.0 Å². The van der Waals surface area contributed by atoms with Gasteiger partial charge in [-0.1, -0.05) is 12.2 Å². The quantitative estimate of drug-likeness (QED) is 0.531. The van der Waals surface area contributed by atoms with Crippen molar-refractivity contribution in [1.82, 2.24) is 0 Å². The van der Waals surface area contributed by atoms with E-state index in [1.807, 2.05) is 0 Å². The van der Waals surface area contributed by atoms with E-state index in [1.54, 1.807) is 6.92 Å². The van der Waals surface area contributed by atoms with E-state index in [4.69, 9.17) is 4.74 Å². The molecule has 0 aromatic carbocycles. The van der Waals surface area contributed by atoms with Gasteiger partial charge in [0, 0.05) is 23.5 Å². The monoisotopic (exact) mass is 276 g/mol. The third kappa shape index (κ3) is 1.63. The van der Waals surface area contributed by atoms with Crippen LogP contribution in [-0.2, 0) is 14.3 Å². The molecule has 20 heavy (non-hydrogen) atoms. The van der Waals surface area contributed by atoms with Crippen LogP contribution in [0.5, 0.6) is 0 Å². The van der Waals surface area contributed by atoms with E-state index in [9.17, 15) is 19.8 Å². The molecule has 5 nitrogen and oxygen atoms in total. The average Bonchev–Trinajstić information content (AvgIpc) is 2.83. The van der Waals surface area contributed by atoms with Gasteiger partial charge in [0.25, 0.3) is 0 Å². The lowest BCUT2D eigenvalue weighted by molar-refractivity contribution is -0.139. The Labute approximate surface area is 116 Å². The van der Waals surface area contributed by atoms with E-state index >= 15 is 0 Å². The molecule has 0 unspecified atom stereocenters. The largest absolute Gasteiger partial charge is 0.458 e. The Morgan fingerprint density at radius 1 is 1.45 bits per heavy atom. The summed E-state index contributed by atoms with van der Waals surface area (Å²) in [7, 11) is 0. The minimum atomic E-state index is -0.976. The van der Waals surface area contributed by atoms with Crippen molar-refractivity contribution in [2.24, 2.45) is 11.8 Å². The molecule has 3 aliphatic rings. The number of ether oxygens (including phenoxy) is 1. The molecule has 0 spiro atoms. The van der Waals surface area contributed by atoms with Crippen LogP contribution in [0.3, 0.4) is 0 Å². The molecule has 106 valence electrons. The molecular formula is C15H16O5. The zero-order chi connectivity index (χ0) is 14.6. The van der Waals surface area contributed by atoms with Gasteiger partial charge in [-0.3, -0.25) is 4.79 Å². The summed E-state index contributed by atoms with van der Waals surface area (Å²) in [5.41, 5.74) is 2.06. The van der Waals surface area contributed by atoms with Gasteiger partial charge in [0.2, 0.25) is 0 Å². The Morgan fingerprint density at radius 3 is 2.80 bits per heavy atom. The minimum Gasteiger partial charge on any atom is -0.458 e. The maximum Gasteiger partial charge on any atom is 0.334 e. The standard InChI is InChI=1S/C15H16O5/c1-6-3-10-12(7(2)15(19)20-10)14(18)13-8(5-16)4-9(17)11(6)13/h4,10,12-14,16,18H,2-3,5H2,1H3/t10-,12+,13-,14-/m0/s1. The van der Waals surface area contributed by atoms with Gasteiger partial charge in [0.05, 0.1) is 18.6 Å². The molecule has 0 aromatic heterocycles. The predicted octanol–water partition coefficient (Wildman–Crippen LogP) is 0.283. The zero-order valence-electron chi connectivity index (χ0n) is 11.1. The van der Waals surface area contributed by atoms with E-state index in [1.165, 1.54) is 6.08 Å². The highest BCUT2D eigenvalue weighted by molar-refractivity contribution is 6.09. The van der Waals surface area contributed by atoms with Crippen molar-refractivity contribution in [3.63, 3.8) is 0 Å². The molecule has 1 aliphatic heterocycles. The third-order valence-corrected chi connectivity index (χ3v) is 4.48. The van der Waals surface area contributed by atoms with Crippen LogP contribution < -0.4 is 0 Å². The lowest BCUT2D eigenvalue weighted by atomic mass is 9.81. The van der Waals surface area contributed by atoms with E-state index in [2.05, 4.69) is 6.58 Å². The molecule has 1 heterocycles. The summed E-state index contributed by atoms with van der Waals surface area (Å²) in [6.07, 6.45) is 0.344. The van der Waals surface area contributed by atoms with E-state index in [0.717, 1.165) is 5.57 Å². The molecule has 3 rings (SSSR count). The van der Waals surface area contributed by atoms with Gasteiger partial charge in [0.15, 0.2) is 5.78 Å². The van der Waals surface area contributed by atoms with Crippen molar-refractivity contribution in [3.8, 4) is 0 Å². The lowest BCUT2D eigenvalue weighted by Gasteiger charge is -2.26. The first-order valence-corrected chi connectivity index (χ1v) is 6.58. The molecule has 0 bridgehead atoms. The zero-order valence-corrected chi connectivity index (χ0v) is 11.1. The summed E-state index contributed by atoms with van der Waals surface area (Å²) in [5.74, 6) is -1.75. The van der Waals surface area contributed by atoms with Gasteiger partial charge in [0.1, 0.15) is 6.10 Å². The first-order valence-electron chi connectivity index (χ1n) is 6.58. The van der Waals surface area contributed by atoms with Crippen molar-refractivity contribution in [2.45, 2.75) is 25.6 Å². The van der Waals surface area contributed by atoms with Crippen molar-refractivity contribution >= 4 is 11.8 Å². The number of carbonyl (C=O) groups excluding carboxylic acids is 2. The number of allylic oxidation sites excluding steroid dienone is 1. The van der Waals surface area contributed by atoms with Crippen LogP contribution in [-0.4, -0.2) is 40.8 Å². The van der Waals surface area contributed by atoms with Gasteiger partial charge in [-0.05, 0) is 18.6 Å². The molecular weight excluding hydrogens is 260 g/mol. The SMILES string of the molecule is C=C1C(=O)O[C@H]2CC(C)=C3C(=O)C=C(CO)[C@@H]3[C@@H](O)[C@H]12. The topological polar surface area (TPSA) is 83.8 Å². The highest BCUT2D eigenvalue weighted by Gasteiger charge is 2.51. The number of aliphatic hydroxyl groups excluding tert-OH is 2. The van der Waals surface area contributed by atoms with Gasteiger partial charge in [-0.15, -0.1) is 0 Å². The highest BCUT2D eigenvalue weighted by Crippen LogP contribution is 2.46. The second-order valence-corrected chi connectivity index (χ2v) is 5.60. The Morgan fingerprint density at radius 2 is 2.15 bits per heavy atom. The summed E-state index contributed by atoms with van der Waals surface area (Å²) in [5, 5.41) is 20.0. The molecule has 1 fully saturated rings. The molecule has 1 saturated heterocycles. The van der Waals surface area contributed by atoms with Crippen LogP contribution >= 0.6 is 0 Å². The normalized spacial score (nSPS) is 36.5. The van der Waals surface area contributed by atoms with E-state index in [0.29, 0.717) is 17.6 Å². The molecule has 5 heteroatoms.